The van der Waals surface area contributed by atoms with Crippen LogP contribution < -0.4 is 5.32 Å². The van der Waals surface area contributed by atoms with Gasteiger partial charge < -0.3 is 5.32 Å². The summed E-state index contributed by atoms with van der Waals surface area (Å²) in [4.78, 5) is 12.3. The van der Waals surface area contributed by atoms with Crippen LogP contribution in [0.15, 0.2) is 42.5 Å². The highest BCUT2D eigenvalue weighted by atomic mass is 35.5. The molecule has 0 aliphatic rings. The Kier molecular flexibility index (Phi) is 4.76. The molecule has 1 amide bonds. The third kappa shape index (κ3) is 3.83. The Morgan fingerprint density at radius 1 is 1.16 bits per heavy atom. The van der Waals surface area contributed by atoms with Crippen molar-refractivity contribution < 1.29 is 13.6 Å². The summed E-state index contributed by atoms with van der Waals surface area (Å²) in [6.07, 6.45) is 0. The fourth-order valence-corrected chi connectivity index (χ4v) is 2.47. The second kappa shape index (κ2) is 6.98. The van der Waals surface area contributed by atoms with E-state index in [-0.39, 0.29) is 12.2 Å². The number of aromatic nitrogens is 3. The molecular weight excluding hydrogens is 350 g/mol. The Hall–Kier alpha value is -2.80. The van der Waals surface area contributed by atoms with Crippen molar-refractivity contribution >= 4 is 17.5 Å². The van der Waals surface area contributed by atoms with Gasteiger partial charge in [-0.15, -0.1) is 5.10 Å². The molecule has 1 heterocycles. The topological polar surface area (TPSA) is 59.8 Å². The molecule has 0 atom stereocenters. The van der Waals surface area contributed by atoms with Gasteiger partial charge in [-0.05, 0) is 48.9 Å². The molecule has 2 aromatic carbocycles. The van der Waals surface area contributed by atoms with Gasteiger partial charge in [0.1, 0.15) is 11.6 Å². The number of benzene rings is 2. The van der Waals surface area contributed by atoms with Crippen LogP contribution in [-0.4, -0.2) is 20.9 Å². The molecular formula is C17H13ClF2N4O. The third-order valence-corrected chi connectivity index (χ3v) is 3.81. The van der Waals surface area contributed by atoms with Crippen molar-refractivity contribution in [2.45, 2.75) is 13.5 Å². The van der Waals surface area contributed by atoms with E-state index >= 15 is 0 Å². The first-order valence-corrected chi connectivity index (χ1v) is 7.73. The lowest BCUT2D eigenvalue weighted by molar-refractivity contribution is 0.0945. The summed E-state index contributed by atoms with van der Waals surface area (Å²) in [7, 11) is 0. The van der Waals surface area contributed by atoms with Crippen LogP contribution >= 0.6 is 11.6 Å². The number of carbonyl (C=O) groups excluding carboxylic acids is 1. The van der Waals surface area contributed by atoms with E-state index in [1.54, 1.807) is 31.2 Å². The average molecular weight is 363 g/mol. The second-order valence-corrected chi connectivity index (χ2v) is 5.81. The molecule has 5 nitrogen and oxygen atoms in total. The van der Waals surface area contributed by atoms with Crippen molar-refractivity contribution in [2.75, 3.05) is 0 Å². The molecule has 8 heteroatoms. The molecule has 3 aromatic rings. The summed E-state index contributed by atoms with van der Waals surface area (Å²) >= 11 is 5.85. The van der Waals surface area contributed by atoms with E-state index in [4.69, 9.17) is 11.6 Å². The van der Waals surface area contributed by atoms with E-state index in [0.29, 0.717) is 22.0 Å². The number of amides is 1. The maximum atomic E-state index is 13.2. The van der Waals surface area contributed by atoms with Gasteiger partial charge in [0.05, 0.1) is 11.4 Å². The van der Waals surface area contributed by atoms with Crippen LogP contribution in [0.2, 0.25) is 5.02 Å². The highest BCUT2D eigenvalue weighted by Gasteiger charge is 2.17. The predicted octanol–water partition coefficient (Wildman–Crippen LogP) is 3.44. The van der Waals surface area contributed by atoms with Gasteiger partial charge >= 0.3 is 0 Å². The van der Waals surface area contributed by atoms with E-state index in [0.717, 1.165) is 18.2 Å². The van der Waals surface area contributed by atoms with Gasteiger partial charge in [-0.25, -0.2) is 13.5 Å². The van der Waals surface area contributed by atoms with Crippen LogP contribution in [-0.2, 0) is 6.54 Å². The minimum atomic E-state index is -0.700. The zero-order valence-corrected chi connectivity index (χ0v) is 13.9. The van der Waals surface area contributed by atoms with Crippen molar-refractivity contribution in [1.82, 2.24) is 20.3 Å². The molecule has 25 heavy (non-hydrogen) atoms. The van der Waals surface area contributed by atoms with Crippen molar-refractivity contribution in [3.05, 3.63) is 76.1 Å². The quantitative estimate of drug-likeness (QED) is 0.773. The van der Waals surface area contributed by atoms with Crippen LogP contribution in [0.4, 0.5) is 8.78 Å². The van der Waals surface area contributed by atoms with Gasteiger partial charge in [-0.1, -0.05) is 16.8 Å². The SMILES string of the molecule is Cc1c(C(=O)NCc2cc(F)cc(F)c2)nnn1-c1ccc(Cl)cc1. The van der Waals surface area contributed by atoms with E-state index in [1.807, 2.05) is 0 Å². The molecule has 3 rings (SSSR count). The van der Waals surface area contributed by atoms with Crippen molar-refractivity contribution in [3.63, 3.8) is 0 Å². The Balaban J connectivity index is 1.75. The highest BCUT2D eigenvalue weighted by molar-refractivity contribution is 6.30. The number of carbonyl (C=O) groups is 1. The number of nitrogens with one attached hydrogen (secondary N) is 1. The highest BCUT2D eigenvalue weighted by Crippen LogP contribution is 2.16. The number of halogens is 3. The smallest absolute Gasteiger partial charge is 0.274 e. The fraction of sp³-hybridized carbons (Fsp3) is 0.118. The van der Waals surface area contributed by atoms with Gasteiger partial charge in [0, 0.05) is 17.6 Å². The Morgan fingerprint density at radius 2 is 1.80 bits per heavy atom. The Bertz CT molecular complexity index is 905. The first-order valence-electron chi connectivity index (χ1n) is 7.35. The van der Waals surface area contributed by atoms with Crippen LogP contribution in [0.1, 0.15) is 21.7 Å². The van der Waals surface area contributed by atoms with E-state index in [2.05, 4.69) is 15.6 Å². The summed E-state index contributed by atoms with van der Waals surface area (Å²) in [6, 6.07) is 9.99. The first kappa shape index (κ1) is 17.0. The maximum absolute atomic E-state index is 13.2. The Morgan fingerprint density at radius 3 is 2.44 bits per heavy atom. The van der Waals surface area contributed by atoms with E-state index in [1.165, 1.54) is 4.68 Å². The molecule has 0 unspecified atom stereocenters. The number of hydrogen-bond donors (Lipinski definition) is 1. The van der Waals surface area contributed by atoms with Gasteiger partial charge in [-0.2, -0.15) is 0 Å². The largest absolute Gasteiger partial charge is 0.347 e. The molecule has 0 bridgehead atoms. The average Bonchev–Trinajstić information content (AvgIpc) is 2.94. The molecule has 0 aliphatic heterocycles. The lowest BCUT2D eigenvalue weighted by Gasteiger charge is -2.06. The van der Waals surface area contributed by atoms with Gasteiger partial charge in [0.2, 0.25) is 0 Å². The summed E-state index contributed by atoms with van der Waals surface area (Å²) < 4.78 is 27.8. The number of nitrogens with zero attached hydrogens (tertiary/aromatic N) is 3. The lowest BCUT2D eigenvalue weighted by Crippen LogP contribution is -2.24. The van der Waals surface area contributed by atoms with Crippen molar-refractivity contribution in [2.24, 2.45) is 0 Å². The molecule has 128 valence electrons. The van der Waals surface area contributed by atoms with Crippen LogP contribution in [0.3, 0.4) is 0 Å². The minimum absolute atomic E-state index is 0.0270. The molecule has 0 spiro atoms. The predicted molar refractivity (Wildman–Crippen MR) is 88.6 cm³/mol. The zero-order chi connectivity index (χ0) is 18.0. The maximum Gasteiger partial charge on any atom is 0.274 e. The molecule has 0 fully saturated rings. The Labute approximate surface area is 147 Å². The standard InChI is InChI=1S/C17H13ClF2N4O/c1-10-16(22-23-24(10)15-4-2-12(18)3-5-15)17(25)21-9-11-6-13(19)8-14(20)7-11/h2-8H,9H2,1H3,(H,21,25). The van der Waals surface area contributed by atoms with Gasteiger partial charge in [0.15, 0.2) is 5.69 Å². The van der Waals surface area contributed by atoms with Crippen LogP contribution in [0.25, 0.3) is 5.69 Å². The van der Waals surface area contributed by atoms with Crippen LogP contribution in [0.5, 0.6) is 0 Å². The minimum Gasteiger partial charge on any atom is -0.347 e. The van der Waals surface area contributed by atoms with E-state index < -0.39 is 17.5 Å². The zero-order valence-electron chi connectivity index (χ0n) is 13.1. The first-order chi connectivity index (χ1) is 11.9. The third-order valence-electron chi connectivity index (χ3n) is 3.56. The summed E-state index contributed by atoms with van der Waals surface area (Å²) in [6.45, 7) is 1.67. The van der Waals surface area contributed by atoms with Gasteiger partial charge in [0.25, 0.3) is 5.91 Å². The lowest BCUT2D eigenvalue weighted by atomic mass is 10.2. The molecule has 0 aliphatic carbocycles. The fourth-order valence-electron chi connectivity index (χ4n) is 2.35. The van der Waals surface area contributed by atoms with Crippen molar-refractivity contribution in [3.8, 4) is 5.69 Å². The van der Waals surface area contributed by atoms with E-state index in [9.17, 15) is 13.6 Å². The molecule has 0 saturated carbocycles. The second-order valence-electron chi connectivity index (χ2n) is 5.37. The van der Waals surface area contributed by atoms with Crippen LogP contribution in [0, 0.1) is 18.6 Å². The molecule has 1 aromatic heterocycles. The summed E-state index contributed by atoms with van der Waals surface area (Å²) in [5, 5.41) is 11.0. The van der Waals surface area contributed by atoms with Gasteiger partial charge in [-0.3, -0.25) is 4.79 Å². The number of rotatable bonds is 4. The normalized spacial score (nSPS) is 10.7. The number of hydrogen-bond acceptors (Lipinski definition) is 3. The molecule has 1 N–H and O–H groups in total. The van der Waals surface area contributed by atoms with Crippen molar-refractivity contribution in [1.29, 1.82) is 0 Å². The summed E-state index contributed by atoms with van der Waals surface area (Å²) in [5.41, 5.74) is 1.69. The monoisotopic (exact) mass is 362 g/mol. The summed E-state index contributed by atoms with van der Waals surface area (Å²) in [5.74, 6) is -1.88. The molecule has 0 radical (unpaired) electrons. The molecule has 0 saturated heterocycles.